The van der Waals surface area contributed by atoms with Crippen molar-refractivity contribution in [2.45, 2.75) is 116 Å². The van der Waals surface area contributed by atoms with Gasteiger partial charge >= 0.3 is 0 Å². The van der Waals surface area contributed by atoms with Crippen LogP contribution in [0, 0.1) is 0 Å². The van der Waals surface area contributed by atoms with Crippen LogP contribution >= 0.6 is 11.9 Å². The molecule has 29 heavy (non-hydrogen) atoms. The van der Waals surface area contributed by atoms with E-state index in [9.17, 15) is 9.59 Å². The van der Waals surface area contributed by atoms with Gasteiger partial charge < -0.3 is 21.1 Å². The third-order valence-corrected chi connectivity index (χ3v) is 5.83. The minimum Gasteiger partial charge on any atom is -0.386 e. The van der Waals surface area contributed by atoms with E-state index in [4.69, 9.17) is 11.6 Å². The van der Waals surface area contributed by atoms with Crippen molar-refractivity contribution in [3.63, 3.8) is 0 Å². The van der Waals surface area contributed by atoms with Crippen LogP contribution in [0.25, 0.3) is 0 Å². The summed E-state index contributed by atoms with van der Waals surface area (Å²) in [4.78, 5) is 22.5. The standard InChI is InChI=1S/C22H44N4O2S/c1-20(27)16-15-19-29-26-22(28)18-14-12-10-8-6-4-2-3-5-7-9-11-13-17-21(23)25-24/h2-19,24H2,1H3,(H2,23,25)(H,26,28). The number of nitrogens with two attached hydrogens (primary N) is 2. The first-order valence-corrected chi connectivity index (χ1v) is 12.5. The summed E-state index contributed by atoms with van der Waals surface area (Å²) in [5.74, 6) is 6.81. The van der Waals surface area contributed by atoms with E-state index < -0.39 is 0 Å². The third kappa shape index (κ3) is 22.9. The van der Waals surface area contributed by atoms with Gasteiger partial charge in [0, 0.05) is 25.0 Å². The Morgan fingerprint density at radius 3 is 1.62 bits per heavy atom. The lowest BCUT2D eigenvalue weighted by atomic mass is 10.0. The first-order valence-electron chi connectivity index (χ1n) is 11.5. The molecule has 0 fully saturated rings. The topological polar surface area (TPSA) is 111 Å². The lowest BCUT2D eigenvalue weighted by Crippen LogP contribution is -2.15. The molecule has 0 aliphatic carbocycles. The zero-order chi connectivity index (χ0) is 21.6. The molecule has 0 aromatic carbocycles. The van der Waals surface area contributed by atoms with E-state index in [1.54, 1.807) is 6.92 Å². The Morgan fingerprint density at radius 2 is 1.17 bits per heavy atom. The molecule has 0 spiro atoms. The summed E-state index contributed by atoms with van der Waals surface area (Å²) in [7, 11) is 0. The number of hydrazone groups is 1. The van der Waals surface area contributed by atoms with Gasteiger partial charge in [0.2, 0.25) is 5.91 Å². The molecular weight excluding hydrogens is 384 g/mol. The fraction of sp³-hybridized carbons (Fsp3) is 0.864. The van der Waals surface area contributed by atoms with Gasteiger partial charge in [-0.25, -0.2) is 0 Å². The molecule has 0 aliphatic heterocycles. The second kappa shape index (κ2) is 21.5. The molecule has 7 heteroatoms. The molecule has 1 amide bonds. The monoisotopic (exact) mass is 428 g/mol. The molecule has 0 rings (SSSR count). The van der Waals surface area contributed by atoms with E-state index in [-0.39, 0.29) is 11.7 Å². The minimum absolute atomic E-state index is 0.119. The van der Waals surface area contributed by atoms with E-state index in [0.717, 1.165) is 37.9 Å². The molecule has 0 saturated carbocycles. The van der Waals surface area contributed by atoms with Crippen LogP contribution < -0.4 is 16.3 Å². The molecule has 0 aromatic heterocycles. The van der Waals surface area contributed by atoms with E-state index in [2.05, 4.69) is 9.82 Å². The van der Waals surface area contributed by atoms with Crippen LogP contribution in [0.5, 0.6) is 0 Å². The molecule has 0 bridgehead atoms. The van der Waals surface area contributed by atoms with Gasteiger partial charge in [0.15, 0.2) is 0 Å². The number of rotatable bonds is 21. The Hall–Kier alpha value is -1.24. The summed E-state index contributed by atoms with van der Waals surface area (Å²) < 4.78 is 2.86. The Labute approximate surface area is 182 Å². The number of Topliss-reactive ketones (excluding diaryl/α,β-unsaturated/α-hetero) is 1. The van der Waals surface area contributed by atoms with E-state index in [0.29, 0.717) is 18.7 Å². The number of carbonyl (C=O) groups excluding carboxylic acids is 2. The van der Waals surface area contributed by atoms with Crippen LogP contribution in [-0.2, 0) is 9.59 Å². The number of unbranched alkanes of at least 4 members (excludes halogenated alkanes) is 12. The number of hydrogen-bond acceptors (Lipinski definition) is 5. The Morgan fingerprint density at radius 1 is 0.724 bits per heavy atom. The number of hydrogen-bond donors (Lipinski definition) is 3. The number of amidine groups is 1. The SMILES string of the molecule is CC(=O)CCCSNC(=O)CCCCCCCCCCCCCCC/C(N)=N/N. The highest BCUT2D eigenvalue weighted by Gasteiger charge is 2.02. The third-order valence-electron chi connectivity index (χ3n) is 4.96. The number of amides is 1. The number of carbonyl (C=O) groups is 2. The average Bonchev–Trinajstić information content (AvgIpc) is 2.70. The Balaban J connectivity index is 3.18. The fourth-order valence-corrected chi connectivity index (χ4v) is 3.83. The quantitative estimate of drug-likeness (QED) is 0.0581. The van der Waals surface area contributed by atoms with Gasteiger partial charge in [-0.15, -0.1) is 0 Å². The summed E-state index contributed by atoms with van der Waals surface area (Å²) >= 11 is 1.43. The van der Waals surface area contributed by atoms with Gasteiger partial charge in [-0.05, 0) is 26.2 Å². The van der Waals surface area contributed by atoms with E-state index in [1.165, 1.54) is 76.2 Å². The predicted octanol–water partition coefficient (Wildman–Crippen LogP) is 5.20. The van der Waals surface area contributed by atoms with Gasteiger partial charge in [-0.1, -0.05) is 82.6 Å². The van der Waals surface area contributed by atoms with Crippen molar-refractivity contribution in [2.75, 3.05) is 5.75 Å². The van der Waals surface area contributed by atoms with Crippen LogP contribution in [0.15, 0.2) is 5.10 Å². The smallest absolute Gasteiger partial charge is 0.229 e. The first kappa shape index (κ1) is 27.8. The van der Waals surface area contributed by atoms with Gasteiger partial charge in [-0.3, -0.25) is 4.79 Å². The summed E-state index contributed by atoms with van der Waals surface area (Å²) in [5.41, 5.74) is 5.57. The van der Waals surface area contributed by atoms with Crippen molar-refractivity contribution >= 4 is 29.5 Å². The second-order valence-electron chi connectivity index (χ2n) is 7.90. The van der Waals surface area contributed by atoms with E-state index >= 15 is 0 Å². The van der Waals surface area contributed by atoms with Gasteiger partial charge in [0.05, 0.1) is 0 Å². The van der Waals surface area contributed by atoms with Crippen molar-refractivity contribution in [3.8, 4) is 0 Å². The van der Waals surface area contributed by atoms with Crippen molar-refractivity contribution in [1.29, 1.82) is 0 Å². The molecular formula is C22H44N4O2S. The lowest BCUT2D eigenvalue weighted by Gasteiger charge is -2.05. The summed E-state index contributed by atoms with van der Waals surface area (Å²) in [6, 6.07) is 0. The van der Waals surface area contributed by atoms with Crippen LogP contribution in [-0.4, -0.2) is 23.3 Å². The van der Waals surface area contributed by atoms with Crippen molar-refractivity contribution in [3.05, 3.63) is 0 Å². The molecule has 6 nitrogen and oxygen atoms in total. The predicted molar refractivity (Wildman–Crippen MR) is 126 cm³/mol. The molecule has 0 aliphatic rings. The van der Waals surface area contributed by atoms with Crippen molar-refractivity contribution in [2.24, 2.45) is 16.7 Å². The molecule has 0 unspecified atom stereocenters. The Bertz CT molecular complexity index is 445. The number of ketones is 1. The molecule has 5 N–H and O–H groups in total. The maximum absolute atomic E-state index is 11.7. The molecule has 0 atom stereocenters. The van der Waals surface area contributed by atoms with Gasteiger partial charge in [-0.2, -0.15) is 5.10 Å². The van der Waals surface area contributed by atoms with Gasteiger partial charge in [0.1, 0.15) is 11.6 Å². The number of nitrogens with zero attached hydrogens (tertiary/aromatic N) is 1. The first-order chi connectivity index (χ1) is 14.1. The highest BCUT2D eigenvalue weighted by molar-refractivity contribution is 7.97. The zero-order valence-electron chi connectivity index (χ0n) is 18.6. The maximum atomic E-state index is 11.7. The largest absolute Gasteiger partial charge is 0.386 e. The number of nitrogens with one attached hydrogen (secondary N) is 1. The molecule has 0 aromatic rings. The summed E-state index contributed by atoms with van der Waals surface area (Å²) in [6.07, 6.45) is 19.1. The molecule has 0 heterocycles. The van der Waals surface area contributed by atoms with Crippen LogP contribution in [0.1, 0.15) is 116 Å². The van der Waals surface area contributed by atoms with Crippen LogP contribution in [0.4, 0.5) is 0 Å². The zero-order valence-corrected chi connectivity index (χ0v) is 19.4. The normalized spacial score (nSPS) is 11.6. The molecule has 0 saturated heterocycles. The molecule has 0 radical (unpaired) electrons. The van der Waals surface area contributed by atoms with Crippen LogP contribution in [0.3, 0.4) is 0 Å². The lowest BCUT2D eigenvalue weighted by molar-refractivity contribution is -0.119. The van der Waals surface area contributed by atoms with E-state index in [1.807, 2.05) is 0 Å². The minimum atomic E-state index is 0.119. The summed E-state index contributed by atoms with van der Waals surface area (Å²) in [6.45, 7) is 1.60. The molecule has 170 valence electrons. The van der Waals surface area contributed by atoms with Crippen molar-refractivity contribution in [1.82, 2.24) is 4.72 Å². The van der Waals surface area contributed by atoms with Gasteiger partial charge in [0.25, 0.3) is 0 Å². The highest BCUT2D eigenvalue weighted by atomic mass is 32.2. The van der Waals surface area contributed by atoms with Crippen LogP contribution in [0.2, 0.25) is 0 Å². The van der Waals surface area contributed by atoms with Crippen molar-refractivity contribution < 1.29 is 9.59 Å². The second-order valence-corrected chi connectivity index (χ2v) is 8.80. The fourth-order valence-electron chi connectivity index (χ4n) is 3.18. The Kier molecular flexibility index (Phi) is 20.6. The summed E-state index contributed by atoms with van der Waals surface area (Å²) in [5, 5.41) is 3.48. The highest BCUT2D eigenvalue weighted by Crippen LogP contribution is 2.13. The average molecular weight is 429 g/mol. The maximum Gasteiger partial charge on any atom is 0.229 e.